The summed E-state index contributed by atoms with van der Waals surface area (Å²) in [5.74, 6) is -0.0915. The third-order valence-corrected chi connectivity index (χ3v) is 2.76. The molecular formula is C9H7BrN2O2. The lowest BCUT2D eigenvalue weighted by atomic mass is 10.1. The Kier molecular flexibility index (Phi) is 2.25. The molecule has 0 atom stereocenters. The van der Waals surface area contributed by atoms with Crippen molar-refractivity contribution in [3.8, 4) is 11.4 Å². The lowest BCUT2D eigenvalue weighted by molar-refractivity contribution is 0.388. The Hall–Kier alpha value is -1.36. The summed E-state index contributed by atoms with van der Waals surface area (Å²) in [7, 11) is 0. The first-order chi connectivity index (χ1) is 6.66. The fourth-order valence-electron chi connectivity index (χ4n) is 1.15. The van der Waals surface area contributed by atoms with Crippen LogP contribution in [0.15, 0.2) is 32.0 Å². The Morgan fingerprint density at radius 3 is 2.86 bits per heavy atom. The fraction of sp³-hybridized carbons (Fsp3) is 0.111. The molecule has 2 rings (SSSR count). The number of halogens is 1. The van der Waals surface area contributed by atoms with E-state index < -0.39 is 5.76 Å². The van der Waals surface area contributed by atoms with Crippen molar-refractivity contribution in [2.24, 2.45) is 0 Å². The van der Waals surface area contributed by atoms with Gasteiger partial charge in [0.05, 0.1) is 0 Å². The number of aryl methyl sites for hydroxylation is 1. The van der Waals surface area contributed by atoms with E-state index in [1.807, 2.05) is 25.1 Å². The summed E-state index contributed by atoms with van der Waals surface area (Å²) >= 11 is 3.39. The van der Waals surface area contributed by atoms with Crippen LogP contribution in [0, 0.1) is 6.92 Å². The van der Waals surface area contributed by atoms with Crippen molar-refractivity contribution in [1.82, 2.24) is 10.1 Å². The second kappa shape index (κ2) is 3.42. The van der Waals surface area contributed by atoms with Gasteiger partial charge >= 0.3 is 5.76 Å². The van der Waals surface area contributed by atoms with Crippen molar-refractivity contribution in [1.29, 1.82) is 0 Å². The molecule has 1 aromatic heterocycles. The lowest BCUT2D eigenvalue weighted by Gasteiger charge is -1.99. The van der Waals surface area contributed by atoms with E-state index in [0.29, 0.717) is 5.82 Å². The minimum absolute atomic E-state index is 0.450. The third kappa shape index (κ3) is 1.63. The van der Waals surface area contributed by atoms with Gasteiger partial charge in [0.25, 0.3) is 0 Å². The summed E-state index contributed by atoms with van der Waals surface area (Å²) in [5, 5.41) is 3.60. The summed E-state index contributed by atoms with van der Waals surface area (Å²) in [6.07, 6.45) is 0. The summed E-state index contributed by atoms with van der Waals surface area (Å²) in [4.78, 5) is 13.2. The van der Waals surface area contributed by atoms with Crippen LogP contribution < -0.4 is 5.76 Å². The Morgan fingerprint density at radius 2 is 2.29 bits per heavy atom. The maximum Gasteiger partial charge on any atom is 0.439 e. The normalized spacial score (nSPS) is 10.4. The zero-order chi connectivity index (χ0) is 10.1. The van der Waals surface area contributed by atoms with E-state index >= 15 is 0 Å². The molecule has 0 unspecified atom stereocenters. The minimum atomic E-state index is -0.541. The van der Waals surface area contributed by atoms with E-state index in [4.69, 9.17) is 0 Å². The smallest absolute Gasteiger partial charge is 0.296 e. The number of nitrogens with one attached hydrogen (secondary N) is 1. The zero-order valence-electron chi connectivity index (χ0n) is 7.37. The molecule has 14 heavy (non-hydrogen) atoms. The van der Waals surface area contributed by atoms with Crippen molar-refractivity contribution in [2.75, 3.05) is 0 Å². The summed E-state index contributed by atoms with van der Waals surface area (Å²) in [5.41, 5.74) is 1.91. The van der Waals surface area contributed by atoms with E-state index in [-0.39, 0.29) is 0 Å². The van der Waals surface area contributed by atoms with Crippen LogP contribution >= 0.6 is 15.9 Å². The van der Waals surface area contributed by atoms with Crippen LogP contribution in [-0.4, -0.2) is 10.1 Å². The van der Waals surface area contributed by atoms with Crippen LogP contribution in [0.3, 0.4) is 0 Å². The highest BCUT2D eigenvalue weighted by Crippen LogP contribution is 2.21. The molecule has 4 nitrogen and oxygen atoms in total. The SMILES string of the molecule is Cc1cc(-c2noc(=O)[nH]2)ccc1Br. The van der Waals surface area contributed by atoms with E-state index in [9.17, 15) is 4.79 Å². The second-order valence-electron chi connectivity index (χ2n) is 2.91. The number of nitrogens with zero attached hydrogens (tertiary/aromatic N) is 1. The Labute approximate surface area is 88.1 Å². The quantitative estimate of drug-likeness (QED) is 0.848. The van der Waals surface area contributed by atoms with Crippen LogP contribution in [0.2, 0.25) is 0 Å². The van der Waals surface area contributed by atoms with Crippen LogP contribution in [0.4, 0.5) is 0 Å². The highest BCUT2D eigenvalue weighted by atomic mass is 79.9. The van der Waals surface area contributed by atoms with Gasteiger partial charge in [0.2, 0.25) is 0 Å². The largest absolute Gasteiger partial charge is 0.439 e. The fourth-order valence-corrected chi connectivity index (χ4v) is 1.39. The highest BCUT2D eigenvalue weighted by molar-refractivity contribution is 9.10. The molecule has 0 amide bonds. The van der Waals surface area contributed by atoms with Crippen LogP contribution in [0.5, 0.6) is 0 Å². The molecular weight excluding hydrogens is 248 g/mol. The van der Waals surface area contributed by atoms with E-state index in [1.54, 1.807) is 0 Å². The Balaban J connectivity index is 2.52. The average molecular weight is 255 g/mol. The second-order valence-corrected chi connectivity index (χ2v) is 3.76. The van der Waals surface area contributed by atoms with Crippen molar-refractivity contribution < 1.29 is 4.52 Å². The number of aromatic amines is 1. The predicted octanol–water partition coefficient (Wildman–Crippen LogP) is 2.10. The zero-order valence-corrected chi connectivity index (χ0v) is 8.96. The predicted molar refractivity (Wildman–Crippen MR) is 55.0 cm³/mol. The van der Waals surface area contributed by atoms with E-state index in [0.717, 1.165) is 15.6 Å². The molecule has 0 bridgehead atoms. The lowest BCUT2D eigenvalue weighted by Crippen LogP contribution is -1.94. The molecule has 0 fully saturated rings. The maximum absolute atomic E-state index is 10.7. The van der Waals surface area contributed by atoms with Crippen molar-refractivity contribution >= 4 is 15.9 Å². The van der Waals surface area contributed by atoms with Gasteiger partial charge in [-0.3, -0.25) is 9.51 Å². The van der Waals surface area contributed by atoms with Gasteiger partial charge in [0, 0.05) is 10.0 Å². The summed E-state index contributed by atoms with van der Waals surface area (Å²) in [6.45, 7) is 1.96. The van der Waals surface area contributed by atoms with Gasteiger partial charge in [-0.2, -0.15) is 0 Å². The summed E-state index contributed by atoms with van der Waals surface area (Å²) in [6, 6.07) is 5.67. The van der Waals surface area contributed by atoms with Crippen LogP contribution in [0.25, 0.3) is 11.4 Å². The van der Waals surface area contributed by atoms with Gasteiger partial charge in [0.1, 0.15) is 0 Å². The molecule has 2 aromatic rings. The topological polar surface area (TPSA) is 58.9 Å². The Morgan fingerprint density at radius 1 is 1.50 bits per heavy atom. The standard InChI is InChI=1S/C9H7BrN2O2/c1-5-4-6(2-3-7(5)10)8-11-9(13)14-12-8/h2-4H,1H3,(H,11,12,13). The molecule has 5 heteroatoms. The number of aromatic nitrogens is 2. The molecule has 1 heterocycles. The maximum atomic E-state index is 10.7. The van der Waals surface area contributed by atoms with Gasteiger partial charge < -0.3 is 0 Å². The summed E-state index contributed by atoms with van der Waals surface area (Å²) < 4.78 is 5.44. The number of benzene rings is 1. The molecule has 0 saturated heterocycles. The number of hydrogen-bond acceptors (Lipinski definition) is 3. The molecule has 72 valence electrons. The molecule has 0 radical (unpaired) electrons. The van der Waals surface area contributed by atoms with E-state index in [2.05, 4.69) is 30.6 Å². The van der Waals surface area contributed by atoms with Crippen molar-refractivity contribution in [3.05, 3.63) is 38.8 Å². The monoisotopic (exact) mass is 254 g/mol. The third-order valence-electron chi connectivity index (χ3n) is 1.87. The van der Waals surface area contributed by atoms with Gasteiger partial charge in [0.15, 0.2) is 5.82 Å². The first-order valence-corrected chi connectivity index (χ1v) is 4.78. The number of rotatable bonds is 1. The van der Waals surface area contributed by atoms with Gasteiger partial charge in [-0.15, -0.1) is 0 Å². The Bertz CT molecular complexity index is 516. The highest BCUT2D eigenvalue weighted by Gasteiger charge is 2.04. The molecule has 0 spiro atoms. The van der Waals surface area contributed by atoms with Crippen LogP contribution in [-0.2, 0) is 0 Å². The van der Waals surface area contributed by atoms with Gasteiger partial charge in [-0.05, 0) is 30.7 Å². The molecule has 1 N–H and O–H groups in total. The number of H-pyrrole nitrogens is 1. The van der Waals surface area contributed by atoms with Crippen molar-refractivity contribution in [2.45, 2.75) is 6.92 Å². The van der Waals surface area contributed by atoms with Gasteiger partial charge in [-0.25, -0.2) is 4.79 Å². The molecule has 0 aliphatic carbocycles. The van der Waals surface area contributed by atoms with Crippen molar-refractivity contribution in [3.63, 3.8) is 0 Å². The average Bonchev–Trinajstić information content (AvgIpc) is 2.57. The van der Waals surface area contributed by atoms with Crippen LogP contribution in [0.1, 0.15) is 5.56 Å². The minimum Gasteiger partial charge on any atom is -0.296 e. The van der Waals surface area contributed by atoms with Gasteiger partial charge in [-0.1, -0.05) is 21.1 Å². The first kappa shape index (κ1) is 9.21. The first-order valence-electron chi connectivity index (χ1n) is 3.99. The van der Waals surface area contributed by atoms with E-state index in [1.165, 1.54) is 0 Å². The molecule has 1 aromatic carbocycles. The molecule has 0 aliphatic heterocycles. The number of hydrogen-bond donors (Lipinski definition) is 1. The molecule has 0 aliphatic rings. The molecule has 0 saturated carbocycles.